The average molecular weight is 630 g/mol. The summed E-state index contributed by atoms with van der Waals surface area (Å²) in [5.74, 6) is -1.30. The van der Waals surface area contributed by atoms with Gasteiger partial charge in [0.15, 0.2) is 0 Å². The van der Waals surface area contributed by atoms with Gasteiger partial charge in [0, 0.05) is 30.1 Å². The zero-order chi connectivity index (χ0) is 31.9. The second-order valence-corrected chi connectivity index (χ2v) is 14.6. The normalized spacial score (nSPS) is 30.5. The summed E-state index contributed by atoms with van der Waals surface area (Å²) in [7, 11) is 0. The van der Waals surface area contributed by atoms with E-state index in [0.29, 0.717) is 26.2 Å². The van der Waals surface area contributed by atoms with Crippen molar-refractivity contribution in [2.75, 3.05) is 31.2 Å². The number of nitrogens with zero attached hydrogens (tertiary/aromatic N) is 3. The number of aliphatic hydroxyl groups is 1. The number of hydrogen-bond donors (Lipinski definition) is 1. The molecule has 8 nitrogen and oxygen atoms in total. The van der Waals surface area contributed by atoms with Crippen molar-refractivity contribution in [2.45, 2.75) is 62.2 Å². The highest BCUT2D eigenvalue weighted by Crippen LogP contribution is 2.66. The molecule has 1 spiro atoms. The van der Waals surface area contributed by atoms with Crippen LogP contribution in [0.1, 0.15) is 39.7 Å². The van der Waals surface area contributed by atoms with Crippen LogP contribution in [0.4, 0.5) is 5.69 Å². The van der Waals surface area contributed by atoms with Gasteiger partial charge < -0.3 is 24.5 Å². The Labute approximate surface area is 270 Å². The lowest BCUT2D eigenvalue weighted by Crippen LogP contribution is -2.58. The van der Waals surface area contributed by atoms with E-state index in [2.05, 4.69) is 6.08 Å². The number of anilines is 1. The first kappa shape index (κ1) is 31.4. The van der Waals surface area contributed by atoms with Gasteiger partial charge in [-0.15, -0.1) is 11.8 Å². The molecule has 238 valence electrons. The molecular formula is C36H43N3O5S. The van der Waals surface area contributed by atoms with Gasteiger partial charge in [0.1, 0.15) is 11.8 Å². The van der Waals surface area contributed by atoms with E-state index < -0.39 is 33.4 Å². The largest absolute Gasteiger partial charge is 0.494 e. The van der Waals surface area contributed by atoms with E-state index in [0.717, 1.165) is 23.4 Å². The summed E-state index contributed by atoms with van der Waals surface area (Å²) in [5, 5.41) is 10.7. The monoisotopic (exact) mass is 629 g/mol. The highest BCUT2D eigenvalue weighted by Gasteiger charge is 2.74. The molecule has 7 atom stereocenters. The maximum absolute atomic E-state index is 14.9. The molecule has 0 saturated carbocycles. The van der Waals surface area contributed by atoms with Crippen LogP contribution in [0.3, 0.4) is 0 Å². The summed E-state index contributed by atoms with van der Waals surface area (Å²) in [4.78, 5) is 49.6. The Bertz CT molecular complexity index is 1500. The number of amides is 3. The molecule has 4 aliphatic rings. The molecule has 2 aromatic rings. The van der Waals surface area contributed by atoms with Gasteiger partial charge in [-0.25, -0.2) is 0 Å². The Hall–Kier alpha value is -3.56. The molecule has 2 fully saturated rings. The molecule has 2 saturated heterocycles. The van der Waals surface area contributed by atoms with E-state index in [1.807, 2.05) is 101 Å². The van der Waals surface area contributed by atoms with Crippen molar-refractivity contribution in [1.82, 2.24) is 9.80 Å². The molecule has 0 aromatic heterocycles. The summed E-state index contributed by atoms with van der Waals surface area (Å²) in [6.45, 7) is 9.48. The zero-order valence-corrected chi connectivity index (χ0v) is 27.3. The first-order valence-corrected chi connectivity index (χ1v) is 16.9. The number of likely N-dealkylation sites (tertiary alicyclic amines) is 1. The van der Waals surface area contributed by atoms with Gasteiger partial charge in [0.05, 0.1) is 35.8 Å². The lowest BCUT2D eigenvalue weighted by atomic mass is 9.74. The third kappa shape index (κ3) is 5.18. The van der Waals surface area contributed by atoms with E-state index in [1.165, 1.54) is 0 Å². The standard InChI is InChI=1S/C36H43N3O5S/c1-5-24(3)28(23-40)39-31-34(43)37(22-25-12-8-7-9-13-25)20-11-19-36(31)30(33(39)42)29-32(41)38(21-10-18-35(29,4)45-36)26-14-16-27(17-15-26)44-6-2/h7-19,24,28-31,40H,5-6,20-23H2,1-4H3/t24-,28-,29-,30-,31?,35+,36-/m0/s1. The van der Waals surface area contributed by atoms with Crippen molar-refractivity contribution in [1.29, 1.82) is 0 Å². The number of benzene rings is 2. The van der Waals surface area contributed by atoms with Crippen molar-refractivity contribution in [3.8, 4) is 5.75 Å². The number of carbonyl (C=O) groups excluding carboxylic acids is 3. The van der Waals surface area contributed by atoms with Crippen LogP contribution in [0.5, 0.6) is 5.75 Å². The smallest absolute Gasteiger partial charge is 0.247 e. The van der Waals surface area contributed by atoms with Crippen LogP contribution in [-0.4, -0.2) is 80.5 Å². The van der Waals surface area contributed by atoms with Gasteiger partial charge in [0.2, 0.25) is 17.7 Å². The number of aliphatic hydroxyl groups excluding tert-OH is 1. The van der Waals surface area contributed by atoms with Crippen molar-refractivity contribution < 1.29 is 24.2 Å². The Morgan fingerprint density at radius 3 is 2.31 bits per heavy atom. The first-order chi connectivity index (χ1) is 21.7. The SMILES string of the molecule is CCOc1ccc(N2CC=C[C@@]3(C)S[C@]45C=CCN(Cc6ccccc6)C(=O)C4N([C@@H](CO)[C@@H](C)CC)C(=O)[C@@H]5[C@H]3C2=O)cc1. The minimum Gasteiger partial charge on any atom is -0.494 e. The highest BCUT2D eigenvalue weighted by atomic mass is 32.2. The molecule has 0 radical (unpaired) electrons. The zero-order valence-electron chi connectivity index (χ0n) is 26.5. The molecule has 1 unspecified atom stereocenters. The maximum Gasteiger partial charge on any atom is 0.247 e. The fourth-order valence-corrected chi connectivity index (χ4v) is 9.89. The summed E-state index contributed by atoms with van der Waals surface area (Å²) in [6.07, 6.45) is 8.86. The first-order valence-electron chi connectivity index (χ1n) is 16.0. The number of fused-ring (bicyclic) bond motifs is 2. The molecular weight excluding hydrogens is 586 g/mol. The molecule has 4 aliphatic heterocycles. The third-order valence-electron chi connectivity index (χ3n) is 10.1. The number of thioether (sulfide) groups is 1. The number of hydrogen-bond acceptors (Lipinski definition) is 6. The van der Waals surface area contributed by atoms with Gasteiger partial charge in [-0.3, -0.25) is 14.4 Å². The van der Waals surface area contributed by atoms with E-state index >= 15 is 0 Å². The molecule has 3 amide bonds. The molecule has 1 N–H and O–H groups in total. The van der Waals surface area contributed by atoms with Crippen LogP contribution in [-0.2, 0) is 20.9 Å². The second-order valence-electron chi connectivity index (χ2n) is 12.8. The number of ether oxygens (including phenoxy) is 1. The van der Waals surface area contributed by atoms with Crippen LogP contribution < -0.4 is 9.64 Å². The van der Waals surface area contributed by atoms with Gasteiger partial charge >= 0.3 is 0 Å². The Morgan fingerprint density at radius 1 is 0.933 bits per heavy atom. The number of rotatable bonds is 9. The van der Waals surface area contributed by atoms with Crippen molar-refractivity contribution in [3.05, 3.63) is 84.5 Å². The third-order valence-corrected chi connectivity index (χ3v) is 11.9. The van der Waals surface area contributed by atoms with E-state index in [-0.39, 0.29) is 30.2 Å². The lowest BCUT2D eigenvalue weighted by Gasteiger charge is -2.41. The predicted octanol–water partition coefficient (Wildman–Crippen LogP) is 4.68. The Morgan fingerprint density at radius 2 is 1.64 bits per heavy atom. The predicted molar refractivity (Wildman–Crippen MR) is 177 cm³/mol. The van der Waals surface area contributed by atoms with Crippen LogP contribution in [0.25, 0.3) is 0 Å². The summed E-state index contributed by atoms with van der Waals surface area (Å²) in [5.41, 5.74) is 1.74. The van der Waals surface area contributed by atoms with Gasteiger partial charge in [-0.2, -0.15) is 0 Å². The van der Waals surface area contributed by atoms with Crippen LogP contribution in [0.15, 0.2) is 78.9 Å². The molecule has 9 heteroatoms. The van der Waals surface area contributed by atoms with Crippen LogP contribution >= 0.6 is 11.8 Å². The van der Waals surface area contributed by atoms with Crippen molar-refractivity contribution in [3.63, 3.8) is 0 Å². The molecule has 6 rings (SSSR count). The molecule has 0 bridgehead atoms. The Kier molecular flexibility index (Phi) is 8.61. The van der Waals surface area contributed by atoms with Gasteiger partial charge in [0.25, 0.3) is 0 Å². The summed E-state index contributed by atoms with van der Waals surface area (Å²) < 4.78 is 3.93. The van der Waals surface area contributed by atoms with Gasteiger partial charge in [-0.1, -0.05) is 74.9 Å². The topological polar surface area (TPSA) is 90.4 Å². The maximum atomic E-state index is 14.9. The average Bonchev–Trinajstić information content (AvgIpc) is 3.31. The van der Waals surface area contributed by atoms with Crippen molar-refractivity contribution >= 4 is 35.2 Å². The summed E-state index contributed by atoms with van der Waals surface area (Å²) >= 11 is 1.57. The van der Waals surface area contributed by atoms with Crippen LogP contribution in [0.2, 0.25) is 0 Å². The van der Waals surface area contributed by atoms with Crippen LogP contribution in [0, 0.1) is 17.8 Å². The molecule has 0 aliphatic carbocycles. The molecule has 2 aromatic carbocycles. The van der Waals surface area contributed by atoms with E-state index in [1.54, 1.807) is 26.5 Å². The van der Waals surface area contributed by atoms with Gasteiger partial charge in [-0.05, 0) is 49.6 Å². The summed E-state index contributed by atoms with van der Waals surface area (Å²) in [6, 6.07) is 15.9. The minimum absolute atomic E-state index is 0.0427. The van der Waals surface area contributed by atoms with E-state index in [4.69, 9.17) is 4.74 Å². The van der Waals surface area contributed by atoms with Crippen molar-refractivity contribution in [2.24, 2.45) is 17.8 Å². The minimum atomic E-state index is -0.971. The number of carbonyl (C=O) groups is 3. The fourth-order valence-electron chi connectivity index (χ4n) is 7.75. The van der Waals surface area contributed by atoms with E-state index in [9.17, 15) is 19.5 Å². The molecule has 4 heterocycles. The fraction of sp³-hybridized carbons (Fsp3) is 0.472. The Balaban J connectivity index is 1.44. The highest BCUT2D eigenvalue weighted by molar-refractivity contribution is 8.02. The second kappa shape index (κ2) is 12.3. The quantitative estimate of drug-likeness (QED) is 0.406. The lowest BCUT2D eigenvalue weighted by molar-refractivity contribution is -0.147. The molecule has 45 heavy (non-hydrogen) atoms.